The Balaban J connectivity index is 1.15. The highest BCUT2D eigenvalue weighted by atomic mass is 19.4. The Morgan fingerprint density at radius 3 is 2.51 bits per heavy atom. The monoisotopic (exact) mass is 486 g/mol. The summed E-state index contributed by atoms with van der Waals surface area (Å²) in [6.45, 7) is 2.13. The summed E-state index contributed by atoms with van der Waals surface area (Å²) < 4.78 is 38.5. The molecule has 1 saturated carbocycles. The molecule has 1 saturated heterocycles. The van der Waals surface area contributed by atoms with E-state index >= 15 is 0 Å². The molecular formula is C26H29F3N4O2. The summed E-state index contributed by atoms with van der Waals surface area (Å²) in [6.07, 6.45) is 11.5. The van der Waals surface area contributed by atoms with Crippen molar-refractivity contribution in [2.45, 2.75) is 50.0 Å². The molecule has 9 heteroatoms. The first-order valence-electron chi connectivity index (χ1n) is 11.8. The van der Waals surface area contributed by atoms with E-state index in [0.29, 0.717) is 12.1 Å². The highest BCUT2D eigenvalue weighted by Crippen LogP contribution is 2.31. The van der Waals surface area contributed by atoms with E-state index in [1.165, 1.54) is 12.1 Å². The molecule has 2 heterocycles. The second-order valence-corrected chi connectivity index (χ2v) is 9.27. The molecule has 0 atom stereocenters. The van der Waals surface area contributed by atoms with Crippen LogP contribution in [0.1, 0.15) is 41.6 Å². The highest BCUT2D eigenvalue weighted by molar-refractivity contribution is 5.96. The number of amides is 2. The number of carbonyl (C=O) groups excluding carboxylic acids is 2. The van der Waals surface area contributed by atoms with Crippen molar-refractivity contribution in [2.75, 3.05) is 26.2 Å². The minimum Gasteiger partial charge on any atom is -0.370 e. The molecule has 0 bridgehead atoms. The van der Waals surface area contributed by atoms with Gasteiger partial charge in [0, 0.05) is 49.1 Å². The second kappa shape index (κ2) is 10.6. The maximum atomic E-state index is 12.8. The molecule has 1 aliphatic carbocycles. The maximum Gasteiger partial charge on any atom is 0.416 e. The topological polar surface area (TPSA) is 64.7 Å². The van der Waals surface area contributed by atoms with E-state index in [2.05, 4.69) is 38.6 Å². The molecule has 1 aromatic carbocycles. The number of terminal acetylenes is 1. The number of halogens is 3. The van der Waals surface area contributed by atoms with Crippen LogP contribution in [0.4, 0.5) is 13.2 Å². The first-order valence-corrected chi connectivity index (χ1v) is 11.8. The van der Waals surface area contributed by atoms with Crippen molar-refractivity contribution in [1.29, 1.82) is 0 Å². The van der Waals surface area contributed by atoms with Crippen molar-refractivity contribution in [3.63, 3.8) is 0 Å². The van der Waals surface area contributed by atoms with Crippen LogP contribution in [0.2, 0.25) is 0 Å². The quantitative estimate of drug-likeness (QED) is 0.607. The molecule has 186 valence electrons. The summed E-state index contributed by atoms with van der Waals surface area (Å²) >= 11 is 0. The van der Waals surface area contributed by atoms with Gasteiger partial charge in [0.2, 0.25) is 5.91 Å². The zero-order valence-corrected chi connectivity index (χ0v) is 19.4. The molecule has 3 aliphatic rings. The van der Waals surface area contributed by atoms with Crippen LogP contribution < -0.4 is 10.6 Å². The fourth-order valence-corrected chi connectivity index (χ4v) is 4.95. The van der Waals surface area contributed by atoms with Gasteiger partial charge in [0.1, 0.15) is 0 Å². The van der Waals surface area contributed by atoms with E-state index in [1.807, 2.05) is 6.08 Å². The van der Waals surface area contributed by atoms with Crippen LogP contribution in [0.25, 0.3) is 0 Å². The Bertz CT molecular complexity index is 1050. The first-order chi connectivity index (χ1) is 16.7. The maximum absolute atomic E-state index is 12.8. The van der Waals surface area contributed by atoms with E-state index in [-0.39, 0.29) is 24.1 Å². The molecule has 0 radical (unpaired) electrons. The summed E-state index contributed by atoms with van der Waals surface area (Å²) in [6, 6.07) is 5.14. The van der Waals surface area contributed by atoms with Crippen LogP contribution in [0.5, 0.6) is 0 Å². The van der Waals surface area contributed by atoms with Crippen molar-refractivity contribution in [3.05, 3.63) is 59.3 Å². The molecule has 1 aromatic rings. The summed E-state index contributed by atoms with van der Waals surface area (Å²) in [5.41, 5.74) is -0.130. The van der Waals surface area contributed by atoms with Crippen molar-refractivity contribution < 1.29 is 22.8 Å². The molecule has 2 N–H and O–H groups in total. The number of likely N-dealkylation sites (tertiary alicyclic amines) is 1. The number of hydrogen-bond acceptors (Lipinski definition) is 4. The van der Waals surface area contributed by atoms with E-state index in [9.17, 15) is 22.8 Å². The predicted molar refractivity (Wildman–Crippen MR) is 126 cm³/mol. The van der Waals surface area contributed by atoms with Crippen LogP contribution in [-0.2, 0) is 11.0 Å². The van der Waals surface area contributed by atoms with Crippen LogP contribution in [0.15, 0.2) is 48.2 Å². The van der Waals surface area contributed by atoms with Crippen molar-refractivity contribution in [1.82, 2.24) is 20.4 Å². The van der Waals surface area contributed by atoms with Crippen molar-refractivity contribution in [3.8, 4) is 12.3 Å². The smallest absolute Gasteiger partial charge is 0.370 e. The van der Waals surface area contributed by atoms with E-state index < -0.39 is 17.6 Å². The first kappa shape index (κ1) is 24.9. The average Bonchev–Trinajstić information content (AvgIpc) is 2.84. The standard InChI is InChI=1S/C26H29F3N4O2/c1-2-18-5-4-12-32(15-18)22-8-10-23(11-9-22)33-16-21(17-33)31-24(34)14-30-25(35)19-6-3-7-20(13-19)26(27,28)29/h1,3-7,13,15,21-23H,8-12,14,16-17H2,(H,30,35)(H,31,34). The molecule has 2 fully saturated rings. The van der Waals surface area contributed by atoms with Crippen LogP contribution in [-0.4, -0.2) is 65.9 Å². The fraction of sp³-hybridized carbons (Fsp3) is 0.462. The van der Waals surface area contributed by atoms with E-state index in [1.54, 1.807) is 0 Å². The third kappa shape index (κ3) is 6.25. The lowest BCUT2D eigenvalue weighted by molar-refractivity contribution is -0.137. The van der Waals surface area contributed by atoms with Gasteiger partial charge in [-0.25, -0.2) is 0 Å². The predicted octanol–water partition coefficient (Wildman–Crippen LogP) is 2.94. The summed E-state index contributed by atoms with van der Waals surface area (Å²) in [7, 11) is 0. The molecule has 0 aromatic heterocycles. The number of nitrogens with zero attached hydrogens (tertiary/aromatic N) is 2. The van der Waals surface area contributed by atoms with Gasteiger partial charge in [0.05, 0.1) is 18.2 Å². The zero-order chi connectivity index (χ0) is 25.0. The largest absolute Gasteiger partial charge is 0.416 e. The number of rotatable bonds is 6. The van der Waals surface area contributed by atoms with Gasteiger partial charge in [-0.1, -0.05) is 18.1 Å². The Morgan fingerprint density at radius 2 is 1.83 bits per heavy atom. The lowest BCUT2D eigenvalue weighted by atomic mass is 9.87. The number of hydrogen-bond donors (Lipinski definition) is 2. The summed E-state index contributed by atoms with van der Waals surface area (Å²) in [5.74, 6) is 1.63. The molecule has 4 rings (SSSR count). The molecule has 0 spiro atoms. The third-order valence-electron chi connectivity index (χ3n) is 6.87. The van der Waals surface area contributed by atoms with Gasteiger partial charge >= 0.3 is 6.18 Å². The molecule has 6 nitrogen and oxygen atoms in total. The number of benzene rings is 1. The summed E-state index contributed by atoms with van der Waals surface area (Å²) in [4.78, 5) is 29.1. The molecular weight excluding hydrogens is 457 g/mol. The Morgan fingerprint density at radius 1 is 1.11 bits per heavy atom. The van der Waals surface area contributed by atoms with Gasteiger partial charge in [-0.05, 0) is 50.0 Å². The fourth-order valence-electron chi connectivity index (χ4n) is 4.95. The summed E-state index contributed by atoms with van der Waals surface area (Å²) in [5, 5.41) is 5.27. The van der Waals surface area contributed by atoms with Gasteiger partial charge in [0.25, 0.3) is 5.91 Å². The van der Waals surface area contributed by atoms with Crippen LogP contribution >= 0.6 is 0 Å². The van der Waals surface area contributed by atoms with Crippen molar-refractivity contribution >= 4 is 11.8 Å². The number of allylic oxidation sites excluding steroid dienone is 2. The Hall–Kier alpha value is -3.25. The van der Waals surface area contributed by atoms with Gasteiger partial charge in [-0.2, -0.15) is 13.2 Å². The molecule has 2 aliphatic heterocycles. The van der Waals surface area contributed by atoms with Gasteiger partial charge in [-0.15, -0.1) is 6.42 Å². The number of alkyl halides is 3. The Kier molecular flexibility index (Phi) is 7.51. The van der Waals surface area contributed by atoms with Gasteiger partial charge < -0.3 is 15.5 Å². The van der Waals surface area contributed by atoms with E-state index in [0.717, 1.165) is 63.0 Å². The zero-order valence-electron chi connectivity index (χ0n) is 19.4. The van der Waals surface area contributed by atoms with Crippen LogP contribution in [0.3, 0.4) is 0 Å². The van der Waals surface area contributed by atoms with Gasteiger partial charge in [-0.3, -0.25) is 14.5 Å². The molecule has 0 unspecified atom stereocenters. The minimum atomic E-state index is -4.53. The molecule has 35 heavy (non-hydrogen) atoms. The van der Waals surface area contributed by atoms with Crippen molar-refractivity contribution in [2.24, 2.45) is 0 Å². The lowest BCUT2D eigenvalue weighted by Gasteiger charge is -2.47. The normalized spacial score (nSPS) is 23.1. The molecule has 2 amide bonds. The lowest BCUT2D eigenvalue weighted by Crippen LogP contribution is -2.63. The van der Waals surface area contributed by atoms with E-state index in [4.69, 9.17) is 6.42 Å². The Labute approximate surface area is 203 Å². The minimum absolute atomic E-state index is 0.0130. The third-order valence-corrected chi connectivity index (χ3v) is 6.87. The SMILES string of the molecule is C#CC1=CN(C2CCC(N3CC(NC(=O)CNC(=O)c4cccc(C(F)(F)F)c4)C3)CC2)CC=C1. The number of nitrogens with one attached hydrogen (secondary N) is 2. The van der Waals surface area contributed by atoms with Crippen LogP contribution in [0, 0.1) is 12.3 Å². The van der Waals surface area contributed by atoms with Gasteiger partial charge in [0.15, 0.2) is 0 Å². The highest BCUT2D eigenvalue weighted by Gasteiger charge is 2.36. The average molecular weight is 487 g/mol. The number of carbonyl (C=O) groups is 2. The second-order valence-electron chi connectivity index (χ2n) is 9.27.